The molecule has 0 saturated carbocycles. The van der Waals surface area contributed by atoms with Gasteiger partial charge in [0.1, 0.15) is 72.4 Å². The molecule has 0 saturated heterocycles. The van der Waals surface area contributed by atoms with Crippen molar-refractivity contribution in [1.82, 2.24) is 69.6 Å². The van der Waals surface area contributed by atoms with Crippen molar-refractivity contribution in [2.75, 3.05) is 32.7 Å². The number of nitrogens with one attached hydrogen (secondary N) is 13. The van der Waals surface area contributed by atoms with E-state index in [0.29, 0.717) is 17.5 Å². The number of carboxylic acid groups (broad SMARTS) is 1. The van der Waals surface area contributed by atoms with Crippen molar-refractivity contribution in [2.45, 2.75) is 192 Å². The highest BCUT2D eigenvalue weighted by Gasteiger charge is 2.35. The van der Waals surface area contributed by atoms with E-state index in [2.05, 4.69) is 79.5 Å². The number of phenolic OH excluding ortho intramolecular Hbond substituents is 2. The Balaban J connectivity index is 2.37. The number of hydrogen-bond donors (Lipinski definition) is 24. The maximum absolute atomic E-state index is 14.4. The summed E-state index contributed by atoms with van der Waals surface area (Å²) in [7, 11) is 0. The summed E-state index contributed by atoms with van der Waals surface area (Å²) in [6.07, 6.45) is -2.18. The minimum atomic E-state index is -1.78. The average Bonchev–Trinajstić information content (AvgIpc) is 0.872. The van der Waals surface area contributed by atoms with Crippen LogP contribution in [0, 0.1) is 11.8 Å². The van der Waals surface area contributed by atoms with E-state index in [1.807, 2.05) is 0 Å². The first kappa shape index (κ1) is 88.6. The van der Waals surface area contributed by atoms with Gasteiger partial charge in [0.2, 0.25) is 59.1 Å². The summed E-state index contributed by atoms with van der Waals surface area (Å²) in [5.41, 5.74) is 50.4. The number of aliphatic hydroxyl groups is 1. The molecule has 103 heavy (non-hydrogen) atoms. The van der Waals surface area contributed by atoms with Crippen LogP contribution in [0.15, 0.2) is 58.5 Å². The third-order valence-corrected chi connectivity index (χ3v) is 15.2. The molecule has 11 atom stereocenters. The van der Waals surface area contributed by atoms with Crippen LogP contribution in [0.25, 0.3) is 0 Å². The molecule has 0 unspecified atom stereocenters. The lowest BCUT2D eigenvalue weighted by molar-refractivity contribution is -0.138. The van der Waals surface area contributed by atoms with Crippen molar-refractivity contribution in [2.24, 2.45) is 62.0 Å². The van der Waals surface area contributed by atoms with Crippen molar-refractivity contribution in [3.63, 3.8) is 0 Å². The molecule has 39 nitrogen and oxygen atoms in total. The van der Waals surface area contributed by atoms with E-state index < -0.39 is 169 Å². The molecule has 0 aliphatic rings. The predicted octanol–water partition coefficient (Wildman–Crippen LogP) is -7.11. The fourth-order valence-corrected chi connectivity index (χ4v) is 9.79. The van der Waals surface area contributed by atoms with E-state index in [1.165, 1.54) is 43.3 Å². The lowest BCUT2D eigenvalue weighted by Gasteiger charge is -2.27. The van der Waals surface area contributed by atoms with Gasteiger partial charge in [-0.2, -0.15) is 0 Å². The Labute approximate surface area is 596 Å². The van der Waals surface area contributed by atoms with E-state index in [-0.39, 0.29) is 119 Å². The number of amides is 12. The number of carboxylic acids is 1. The quantitative estimate of drug-likeness (QED) is 0.0127. The van der Waals surface area contributed by atoms with Crippen LogP contribution in [0.5, 0.6) is 11.5 Å². The normalized spacial score (nSPS) is 14.2. The Kier molecular flexibility index (Phi) is 40.3. The SMILES string of the molecule is CC(C)C[C@H](NNC(=O)[C@@H](NC(=O)[C@H](CCCN=C(N)N)NC(=O)CNC(=O)[C@H](CCC(N)=O)NC(=O)[C@H](CCCN=C(N)N)NC(=O)[C@H](CCCCN)NC(=O)[C@H](CC(C)C)NC(=O)[C@H](C)NC(=O)[C@@H](N)Cc1ccc(O)cc1)[C@@H](C)O)C(=O)NN[C@@H](Cc1ccc(O)cc1)C(=O)NCC(=O)O. The van der Waals surface area contributed by atoms with Gasteiger partial charge >= 0.3 is 5.97 Å². The Morgan fingerprint density at radius 2 is 0.874 bits per heavy atom. The molecular formula is C64H106N22O17. The van der Waals surface area contributed by atoms with E-state index >= 15 is 0 Å². The number of hydrazine groups is 2. The molecule has 0 aromatic heterocycles. The molecule has 0 radical (unpaired) electrons. The Bertz CT molecular complexity index is 3190. The summed E-state index contributed by atoms with van der Waals surface area (Å²) >= 11 is 0. The summed E-state index contributed by atoms with van der Waals surface area (Å²) in [5.74, 6) is -13.3. The molecule has 2 aromatic carbocycles. The zero-order chi connectivity index (χ0) is 77.5. The van der Waals surface area contributed by atoms with Crippen LogP contribution < -0.4 is 110 Å². The van der Waals surface area contributed by atoms with Crippen LogP contribution in [0.3, 0.4) is 0 Å². The van der Waals surface area contributed by atoms with Gasteiger partial charge < -0.3 is 108 Å². The molecule has 39 heteroatoms. The van der Waals surface area contributed by atoms with Gasteiger partial charge in [0.15, 0.2) is 11.9 Å². The second-order valence-electron chi connectivity index (χ2n) is 25.3. The van der Waals surface area contributed by atoms with Gasteiger partial charge in [0.25, 0.3) is 11.8 Å². The van der Waals surface area contributed by atoms with E-state index in [4.69, 9.17) is 45.2 Å². The molecule has 12 amide bonds. The molecule has 0 heterocycles. The number of aliphatic hydroxyl groups excluding tert-OH is 1. The number of rotatable bonds is 49. The molecular weight excluding hydrogens is 1350 g/mol. The number of unbranched alkanes of at least 4 members (excludes halogenated alkanes) is 1. The number of nitrogens with zero attached hydrogens (tertiary/aromatic N) is 2. The average molecular weight is 1460 g/mol. The number of guanidine groups is 2. The van der Waals surface area contributed by atoms with Crippen molar-refractivity contribution < 1.29 is 82.8 Å². The van der Waals surface area contributed by atoms with Gasteiger partial charge in [-0.1, -0.05) is 52.0 Å². The van der Waals surface area contributed by atoms with Crippen molar-refractivity contribution >= 4 is 88.8 Å². The molecule has 31 N–H and O–H groups in total. The fraction of sp³-hybridized carbons (Fsp3) is 0.578. The largest absolute Gasteiger partial charge is 0.508 e. The fourth-order valence-electron chi connectivity index (χ4n) is 9.79. The molecule has 0 aliphatic carbocycles. The van der Waals surface area contributed by atoms with Crippen LogP contribution in [-0.4, -0.2) is 208 Å². The lowest BCUT2D eigenvalue weighted by atomic mass is 10.0. The Hall–Kier alpha value is -10.5. The number of aliphatic imine (C=N–C) groups is 2. The Morgan fingerprint density at radius 3 is 1.36 bits per heavy atom. The summed E-state index contributed by atoms with van der Waals surface area (Å²) in [6, 6.07) is -2.12. The predicted molar refractivity (Wildman–Crippen MR) is 376 cm³/mol. The lowest BCUT2D eigenvalue weighted by Crippen LogP contribution is -2.62. The molecule has 574 valence electrons. The van der Waals surface area contributed by atoms with E-state index in [0.717, 1.165) is 6.92 Å². The monoisotopic (exact) mass is 1450 g/mol. The third-order valence-electron chi connectivity index (χ3n) is 15.2. The number of aliphatic carboxylic acids is 1. The number of phenols is 2. The second-order valence-corrected chi connectivity index (χ2v) is 25.3. The van der Waals surface area contributed by atoms with Crippen LogP contribution in [0.2, 0.25) is 0 Å². The smallest absolute Gasteiger partial charge is 0.322 e. The number of benzene rings is 2. The minimum Gasteiger partial charge on any atom is -0.508 e. The van der Waals surface area contributed by atoms with Crippen LogP contribution >= 0.6 is 0 Å². The van der Waals surface area contributed by atoms with E-state index in [1.54, 1.807) is 39.8 Å². The summed E-state index contributed by atoms with van der Waals surface area (Å²) in [6.45, 7) is 8.05. The van der Waals surface area contributed by atoms with Crippen molar-refractivity contribution in [3.8, 4) is 11.5 Å². The second kappa shape index (κ2) is 46.8. The highest BCUT2D eigenvalue weighted by atomic mass is 16.4. The number of carbonyl (C=O) groups is 13. The highest BCUT2D eigenvalue weighted by Crippen LogP contribution is 2.15. The number of nitrogens with two attached hydrogens (primary N) is 7. The van der Waals surface area contributed by atoms with Gasteiger partial charge in [-0.25, -0.2) is 10.9 Å². The number of primary amides is 1. The molecule has 0 aliphatic heterocycles. The first-order chi connectivity index (χ1) is 48.5. The first-order valence-electron chi connectivity index (χ1n) is 33.6. The number of hydrogen-bond acceptors (Lipinski definition) is 22. The zero-order valence-corrected chi connectivity index (χ0v) is 58.9. The third kappa shape index (κ3) is 36.6. The zero-order valence-electron chi connectivity index (χ0n) is 58.9. The van der Waals surface area contributed by atoms with Crippen molar-refractivity contribution in [3.05, 3.63) is 59.7 Å². The van der Waals surface area contributed by atoms with Crippen LogP contribution in [-0.2, 0) is 75.2 Å². The molecule has 0 bridgehead atoms. The molecule has 0 fully saturated rings. The van der Waals surface area contributed by atoms with Gasteiger partial charge in [-0.3, -0.25) is 83.2 Å². The minimum absolute atomic E-state index is 0.0167. The van der Waals surface area contributed by atoms with Crippen LogP contribution in [0.4, 0.5) is 0 Å². The van der Waals surface area contributed by atoms with Gasteiger partial charge in [-0.05, 0) is 145 Å². The maximum Gasteiger partial charge on any atom is 0.322 e. The van der Waals surface area contributed by atoms with E-state index in [9.17, 15) is 77.6 Å². The highest BCUT2D eigenvalue weighted by molar-refractivity contribution is 5.98. The summed E-state index contributed by atoms with van der Waals surface area (Å²) < 4.78 is 0. The number of aromatic hydroxyl groups is 2. The summed E-state index contributed by atoms with van der Waals surface area (Å²) in [5, 5.41) is 61.6. The molecule has 0 spiro atoms. The van der Waals surface area contributed by atoms with Gasteiger partial charge in [-0.15, -0.1) is 0 Å². The van der Waals surface area contributed by atoms with Crippen LogP contribution in [0.1, 0.15) is 123 Å². The van der Waals surface area contributed by atoms with Gasteiger partial charge in [0, 0.05) is 19.5 Å². The maximum atomic E-state index is 14.4. The van der Waals surface area contributed by atoms with Gasteiger partial charge in [0.05, 0.1) is 18.7 Å². The standard InChI is InChI=1S/C64H106N22O17/c1-33(2)27-46(81-53(94)35(5)76-54(95)41(66)29-37-14-18-39(88)19-15-37)60(101)79-43(11-7-8-24-65)57(98)78-44(13-10-26-73-64(70)71)58(99)80-45(22-23-49(67)90)55(96)74-31-50(91)77-42(12-9-25-72-63(68)69)59(100)82-52(36(6)87)62(103)86-83-47(28-34(3)4)61(102)85-84-48(56(97)75-32-51(92)93)30-38-16-20-40(89)21-17-38/h14-21,33-36,41-48,52,83-84,87-89H,7-13,22-32,65-66H2,1-6H3,(H2,67,90)(H,74,96)(H,75,97)(H,76,95)(H,77,91)(H,78,98)(H,79,101)(H,80,99)(H,81,94)(H,82,100)(H,85,102)(H,86,103)(H,92,93)(H4,68,69,72)(H4,70,71,73)/t35-,36+,41-,42-,43-,44-,45-,46-,47-,48-,52-/m0/s1. The summed E-state index contributed by atoms with van der Waals surface area (Å²) in [4.78, 5) is 183. The Morgan fingerprint density at radius 1 is 0.447 bits per heavy atom. The molecule has 2 rings (SSSR count). The first-order valence-corrected chi connectivity index (χ1v) is 33.6. The molecule has 2 aromatic rings. The van der Waals surface area contributed by atoms with Crippen molar-refractivity contribution in [1.29, 1.82) is 0 Å². The number of carbonyl (C=O) groups excluding carboxylic acids is 12. The topological polar surface area (TPSA) is 666 Å².